The molecule has 1 aliphatic rings. The van der Waals surface area contributed by atoms with Gasteiger partial charge in [-0.2, -0.15) is 0 Å². The van der Waals surface area contributed by atoms with Crippen LogP contribution >= 0.6 is 0 Å². The maximum atomic E-state index is 11.8. The van der Waals surface area contributed by atoms with Gasteiger partial charge < -0.3 is 5.32 Å². The van der Waals surface area contributed by atoms with Gasteiger partial charge in [-0.15, -0.1) is 0 Å². The van der Waals surface area contributed by atoms with Gasteiger partial charge in [-0.25, -0.2) is 5.43 Å². The van der Waals surface area contributed by atoms with E-state index >= 15 is 0 Å². The summed E-state index contributed by atoms with van der Waals surface area (Å²) in [6, 6.07) is 8.55. The molecular formula is C13H17N3O2. The number of rotatable bonds is 3. The molecule has 3 N–H and O–H groups in total. The molecule has 5 nitrogen and oxygen atoms in total. The zero-order valence-corrected chi connectivity index (χ0v) is 10.1. The molecule has 1 aromatic carbocycles. The molecule has 96 valence electrons. The highest BCUT2D eigenvalue weighted by Crippen LogP contribution is 2.04. The second kappa shape index (κ2) is 6.16. The van der Waals surface area contributed by atoms with Crippen LogP contribution in [0.2, 0.25) is 0 Å². The number of hydrogen-bond donors (Lipinski definition) is 3. The Labute approximate surface area is 106 Å². The minimum atomic E-state index is -0.347. The lowest BCUT2D eigenvalue weighted by Crippen LogP contribution is -2.50. The molecule has 1 aliphatic heterocycles. The number of amides is 2. The van der Waals surface area contributed by atoms with Crippen molar-refractivity contribution in [2.24, 2.45) is 0 Å². The zero-order chi connectivity index (χ0) is 12.8. The average Bonchev–Trinajstić information content (AvgIpc) is 2.62. The smallest absolute Gasteiger partial charge is 0.265 e. The maximum absolute atomic E-state index is 11.8. The highest BCUT2D eigenvalue weighted by molar-refractivity contribution is 5.94. The van der Waals surface area contributed by atoms with E-state index in [0.29, 0.717) is 12.1 Å². The minimum Gasteiger partial charge on any atom is -0.355 e. The first kappa shape index (κ1) is 12.6. The Hall–Kier alpha value is -1.88. The van der Waals surface area contributed by atoms with Crippen LogP contribution in [0.5, 0.6) is 0 Å². The lowest BCUT2D eigenvalue weighted by molar-refractivity contribution is -0.123. The predicted octanol–water partition coefficient (Wildman–Crippen LogP) is 0.590. The van der Waals surface area contributed by atoms with E-state index in [1.165, 1.54) is 0 Å². The number of hydrazine groups is 1. The van der Waals surface area contributed by atoms with Gasteiger partial charge in [0, 0.05) is 12.1 Å². The summed E-state index contributed by atoms with van der Waals surface area (Å²) < 4.78 is 0. The summed E-state index contributed by atoms with van der Waals surface area (Å²) in [6.07, 6.45) is 2.69. The standard InChI is InChI=1S/C13H17N3O2/c17-12(10-6-2-1-3-7-10)16-15-11-8-4-5-9-14-13(11)18/h1-3,6-7,11,15H,4-5,8-9H2,(H,14,18)(H,16,17). The fourth-order valence-electron chi connectivity index (χ4n) is 1.89. The molecule has 0 saturated carbocycles. The third-order valence-electron chi connectivity index (χ3n) is 2.93. The number of benzene rings is 1. The average molecular weight is 247 g/mol. The Kier molecular flexibility index (Phi) is 4.30. The molecule has 0 radical (unpaired) electrons. The van der Waals surface area contributed by atoms with Crippen molar-refractivity contribution in [2.45, 2.75) is 25.3 Å². The monoisotopic (exact) mass is 247 g/mol. The molecule has 1 unspecified atom stereocenters. The molecule has 2 amide bonds. The van der Waals surface area contributed by atoms with Crippen LogP contribution in [0.4, 0.5) is 0 Å². The van der Waals surface area contributed by atoms with Crippen molar-refractivity contribution < 1.29 is 9.59 Å². The quantitative estimate of drug-likeness (QED) is 0.685. The summed E-state index contributed by atoms with van der Waals surface area (Å²) >= 11 is 0. The van der Waals surface area contributed by atoms with Crippen LogP contribution in [0.25, 0.3) is 0 Å². The van der Waals surface area contributed by atoms with Gasteiger partial charge in [0.2, 0.25) is 5.91 Å². The molecule has 0 spiro atoms. The van der Waals surface area contributed by atoms with Crippen LogP contribution in [0.1, 0.15) is 29.6 Å². The molecule has 1 atom stereocenters. The van der Waals surface area contributed by atoms with Crippen LogP contribution in [0.15, 0.2) is 30.3 Å². The van der Waals surface area contributed by atoms with E-state index in [1.807, 2.05) is 6.07 Å². The van der Waals surface area contributed by atoms with Gasteiger partial charge in [0.15, 0.2) is 0 Å². The largest absolute Gasteiger partial charge is 0.355 e. The Morgan fingerprint density at radius 2 is 2.00 bits per heavy atom. The fourth-order valence-corrected chi connectivity index (χ4v) is 1.89. The lowest BCUT2D eigenvalue weighted by Gasteiger charge is -2.15. The highest BCUT2D eigenvalue weighted by atomic mass is 16.2. The highest BCUT2D eigenvalue weighted by Gasteiger charge is 2.20. The lowest BCUT2D eigenvalue weighted by atomic mass is 10.1. The van der Waals surface area contributed by atoms with E-state index in [2.05, 4.69) is 16.2 Å². The summed E-state index contributed by atoms with van der Waals surface area (Å²) in [5, 5.41) is 2.81. The normalized spacial score (nSPS) is 19.8. The van der Waals surface area contributed by atoms with Crippen molar-refractivity contribution in [1.29, 1.82) is 0 Å². The molecule has 1 saturated heterocycles. The van der Waals surface area contributed by atoms with Crippen molar-refractivity contribution in [1.82, 2.24) is 16.2 Å². The van der Waals surface area contributed by atoms with E-state index in [9.17, 15) is 9.59 Å². The van der Waals surface area contributed by atoms with Gasteiger partial charge in [-0.1, -0.05) is 18.2 Å². The number of carbonyl (C=O) groups is 2. The van der Waals surface area contributed by atoms with Crippen molar-refractivity contribution in [3.63, 3.8) is 0 Å². The third-order valence-corrected chi connectivity index (χ3v) is 2.93. The van der Waals surface area contributed by atoms with Crippen molar-refractivity contribution in [3.05, 3.63) is 35.9 Å². The van der Waals surface area contributed by atoms with Gasteiger partial charge in [-0.05, 0) is 31.4 Å². The van der Waals surface area contributed by atoms with Gasteiger partial charge >= 0.3 is 0 Å². The predicted molar refractivity (Wildman–Crippen MR) is 67.7 cm³/mol. The van der Waals surface area contributed by atoms with Gasteiger partial charge in [0.25, 0.3) is 5.91 Å². The molecule has 18 heavy (non-hydrogen) atoms. The summed E-state index contributed by atoms with van der Waals surface area (Å²) in [5.41, 5.74) is 5.94. The van der Waals surface area contributed by atoms with Gasteiger partial charge in [0.05, 0.1) is 0 Å². The summed E-state index contributed by atoms with van der Waals surface area (Å²) in [6.45, 7) is 0.712. The molecule has 0 aliphatic carbocycles. The summed E-state index contributed by atoms with van der Waals surface area (Å²) in [7, 11) is 0. The Morgan fingerprint density at radius 3 is 2.78 bits per heavy atom. The molecular weight excluding hydrogens is 230 g/mol. The molecule has 2 rings (SSSR count). The van der Waals surface area contributed by atoms with Crippen molar-refractivity contribution in [2.75, 3.05) is 6.54 Å². The van der Waals surface area contributed by atoms with E-state index in [-0.39, 0.29) is 17.9 Å². The van der Waals surface area contributed by atoms with Gasteiger partial charge in [0.1, 0.15) is 6.04 Å². The van der Waals surface area contributed by atoms with E-state index < -0.39 is 0 Å². The fraction of sp³-hybridized carbons (Fsp3) is 0.385. The first-order valence-corrected chi connectivity index (χ1v) is 6.16. The minimum absolute atomic E-state index is 0.0548. The van der Waals surface area contributed by atoms with Crippen LogP contribution in [-0.4, -0.2) is 24.4 Å². The SMILES string of the molecule is O=C(NNC1CCCCNC1=O)c1ccccc1. The maximum Gasteiger partial charge on any atom is 0.265 e. The molecule has 5 heteroatoms. The second-order valence-electron chi connectivity index (χ2n) is 4.30. The molecule has 1 aromatic rings. The Balaban J connectivity index is 1.87. The molecule has 0 bridgehead atoms. The van der Waals surface area contributed by atoms with E-state index in [4.69, 9.17) is 0 Å². The van der Waals surface area contributed by atoms with E-state index in [1.54, 1.807) is 24.3 Å². The Morgan fingerprint density at radius 1 is 1.22 bits per heavy atom. The molecule has 0 aromatic heterocycles. The van der Waals surface area contributed by atoms with Crippen molar-refractivity contribution >= 4 is 11.8 Å². The number of hydrogen-bond acceptors (Lipinski definition) is 3. The Bertz CT molecular complexity index is 420. The topological polar surface area (TPSA) is 70.2 Å². The second-order valence-corrected chi connectivity index (χ2v) is 4.30. The van der Waals surface area contributed by atoms with Crippen LogP contribution < -0.4 is 16.2 Å². The first-order chi connectivity index (χ1) is 8.77. The number of carbonyl (C=O) groups excluding carboxylic acids is 2. The van der Waals surface area contributed by atoms with Crippen LogP contribution in [0, 0.1) is 0 Å². The first-order valence-electron chi connectivity index (χ1n) is 6.16. The van der Waals surface area contributed by atoms with Gasteiger partial charge in [-0.3, -0.25) is 15.0 Å². The number of nitrogens with one attached hydrogen (secondary N) is 3. The van der Waals surface area contributed by atoms with Crippen LogP contribution in [0.3, 0.4) is 0 Å². The summed E-state index contributed by atoms with van der Waals surface area (Å²) in [4.78, 5) is 23.4. The van der Waals surface area contributed by atoms with Crippen LogP contribution in [-0.2, 0) is 4.79 Å². The summed E-state index contributed by atoms with van der Waals surface area (Å²) in [5.74, 6) is -0.284. The van der Waals surface area contributed by atoms with E-state index in [0.717, 1.165) is 19.3 Å². The molecule has 1 heterocycles. The van der Waals surface area contributed by atoms with Crippen molar-refractivity contribution in [3.8, 4) is 0 Å². The zero-order valence-electron chi connectivity index (χ0n) is 10.1. The third kappa shape index (κ3) is 3.30. The molecule has 1 fully saturated rings.